The van der Waals surface area contributed by atoms with Crippen molar-refractivity contribution in [3.63, 3.8) is 0 Å². The Labute approximate surface area is 183 Å². The highest BCUT2D eigenvalue weighted by Crippen LogP contribution is 2.40. The van der Waals surface area contributed by atoms with E-state index >= 15 is 0 Å². The van der Waals surface area contributed by atoms with E-state index in [-0.39, 0.29) is 17.3 Å². The molecular weight excluding hydrogens is 380 g/mol. The first-order valence-corrected chi connectivity index (χ1v) is 11.0. The molecule has 2 heterocycles. The average molecular weight is 412 g/mol. The number of likely N-dealkylation sites (tertiary alicyclic amines) is 1. The largest absolute Gasteiger partial charge is 0.366 e. The molecule has 1 amide bonds. The third-order valence-corrected chi connectivity index (χ3v) is 7.73. The number of piperidine rings is 1. The second kappa shape index (κ2) is 7.73. The van der Waals surface area contributed by atoms with E-state index in [0.29, 0.717) is 18.7 Å². The molecule has 11 heteroatoms. The summed E-state index contributed by atoms with van der Waals surface area (Å²) in [5.41, 5.74) is -0.782. The van der Waals surface area contributed by atoms with E-state index in [9.17, 15) is 13.6 Å². The van der Waals surface area contributed by atoms with Crippen molar-refractivity contribution in [2.45, 2.75) is 48.3 Å². The van der Waals surface area contributed by atoms with Gasteiger partial charge in [-0.2, -0.15) is 0 Å². The molecule has 158 valence electrons. The summed E-state index contributed by atoms with van der Waals surface area (Å²) in [5.74, 6) is -0.756. The lowest BCUT2D eigenvalue weighted by Crippen LogP contribution is -2.70. The summed E-state index contributed by atoms with van der Waals surface area (Å²) < 4.78 is 34.9. The fraction of sp³-hybridized carbons (Fsp3) is 0.632. The highest BCUT2D eigenvalue weighted by molar-refractivity contribution is 6.54. The number of halogens is 2. The molecule has 1 aromatic rings. The zero-order chi connectivity index (χ0) is 22.5. The number of ether oxygens (including phenoxy) is 1. The zero-order valence-corrected chi connectivity index (χ0v) is 19.4. The summed E-state index contributed by atoms with van der Waals surface area (Å²) >= 11 is 0. The molecule has 1 aromatic carbocycles. The van der Waals surface area contributed by atoms with Gasteiger partial charge in [-0.15, -0.1) is 0 Å². The molecule has 1 unspecified atom stereocenters. The maximum absolute atomic E-state index is 14.6. The molecule has 0 bridgehead atoms. The van der Waals surface area contributed by atoms with Crippen LogP contribution in [-0.2, 0) is 14.7 Å². The maximum Gasteiger partial charge on any atom is 0.245 e. The first-order chi connectivity index (χ1) is 13.8. The molecule has 2 aliphatic heterocycles. The Morgan fingerprint density at radius 2 is 1.77 bits per heavy atom. The SMILES string of the molecule is BC1(C)OC2(CCN(C(B)(B)C(B)(B)c3cc(F)ccc3F)CC2)CN(CC)C1=O. The molecule has 1 atom stereocenters. The van der Waals surface area contributed by atoms with Crippen molar-refractivity contribution < 1.29 is 18.3 Å². The van der Waals surface area contributed by atoms with Gasteiger partial charge in [0.1, 0.15) is 48.5 Å². The van der Waals surface area contributed by atoms with Crippen LogP contribution in [0.15, 0.2) is 18.2 Å². The van der Waals surface area contributed by atoms with E-state index < -0.39 is 21.9 Å². The number of carbonyl (C=O) groups is 1. The lowest BCUT2D eigenvalue weighted by atomic mass is 9.31. The van der Waals surface area contributed by atoms with Crippen LogP contribution < -0.4 is 0 Å². The van der Waals surface area contributed by atoms with Gasteiger partial charge in [0, 0.05) is 13.1 Å². The van der Waals surface area contributed by atoms with Crippen LogP contribution in [0.1, 0.15) is 32.3 Å². The van der Waals surface area contributed by atoms with E-state index in [4.69, 9.17) is 4.74 Å². The summed E-state index contributed by atoms with van der Waals surface area (Å²) in [5, 5.41) is -1.02. The monoisotopic (exact) mass is 412 g/mol. The van der Waals surface area contributed by atoms with Crippen molar-refractivity contribution in [3.05, 3.63) is 35.4 Å². The van der Waals surface area contributed by atoms with Crippen molar-refractivity contribution in [1.82, 2.24) is 9.80 Å². The Kier molecular flexibility index (Phi) is 6.05. The molecular formula is C19H31B5F2N2O2. The number of rotatable bonds is 4. The molecule has 30 heavy (non-hydrogen) atoms. The van der Waals surface area contributed by atoms with Gasteiger partial charge in [0.05, 0.1) is 5.60 Å². The third kappa shape index (κ3) is 3.88. The summed E-state index contributed by atoms with van der Waals surface area (Å²) in [6.45, 7) is 6.69. The smallest absolute Gasteiger partial charge is 0.245 e. The van der Waals surface area contributed by atoms with Crippen molar-refractivity contribution >= 4 is 45.1 Å². The normalized spacial score (nSPS) is 25.6. The number of hydrogen-bond donors (Lipinski definition) is 0. The Bertz CT molecular complexity index is 829. The van der Waals surface area contributed by atoms with Crippen molar-refractivity contribution in [3.8, 4) is 0 Å². The molecule has 0 saturated carbocycles. The fourth-order valence-electron chi connectivity index (χ4n) is 5.11. The van der Waals surface area contributed by atoms with Crippen LogP contribution in [0.2, 0.25) is 0 Å². The van der Waals surface area contributed by atoms with Crippen LogP contribution in [0.5, 0.6) is 0 Å². The van der Waals surface area contributed by atoms with Gasteiger partial charge < -0.3 is 14.5 Å². The van der Waals surface area contributed by atoms with Crippen LogP contribution in [0.25, 0.3) is 0 Å². The van der Waals surface area contributed by atoms with Gasteiger partial charge in [0.2, 0.25) is 5.91 Å². The Hall–Kier alpha value is -1.21. The Balaban J connectivity index is 1.81. The van der Waals surface area contributed by atoms with E-state index in [1.807, 2.05) is 42.3 Å². The van der Waals surface area contributed by atoms with E-state index in [1.165, 1.54) is 12.1 Å². The lowest BCUT2D eigenvalue weighted by molar-refractivity contribution is -0.200. The second-order valence-electron chi connectivity index (χ2n) is 10.4. The summed E-state index contributed by atoms with van der Waals surface area (Å²) in [6, 6.07) is 3.69. The third-order valence-electron chi connectivity index (χ3n) is 7.73. The predicted octanol–water partition coefficient (Wildman–Crippen LogP) is -2.63. The van der Waals surface area contributed by atoms with Crippen molar-refractivity contribution in [2.75, 3.05) is 26.2 Å². The number of amides is 1. The molecule has 4 nitrogen and oxygen atoms in total. The Morgan fingerprint density at radius 1 is 1.17 bits per heavy atom. The molecule has 2 saturated heterocycles. The number of carbonyl (C=O) groups excluding carboxylic acids is 1. The Morgan fingerprint density at radius 3 is 2.33 bits per heavy atom. The average Bonchev–Trinajstić information content (AvgIpc) is 2.66. The maximum atomic E-state index is 14.6. The van der Waals surface area contributed by atoms with Crippen molar-refractivity contribution in [2.24, 2.45) is 0 Å². The molecule has 3 rings (SSSR count). The van der Waals surface area contributed by atoms with Gasteiger partial charge in [0.15, 0.2) is 7.85 Å². The standard InChI is InChI=1S/C19H31B5F2N2O2/c1-3-27-11-17(30-16(2,20)15(27)29)6-8-28(9-7-17)19(23,24)18(21,22)13-10-12(25)4-5-14(13)26/h4-5,10H,3,6-9,11,20-24H2,1-2H3. The van der Waals surface area contributed by atoms with Crippen LogP contribution in [0.4, 0.5) is 8.78 Å². The van der Waals surface area contributed by atoms with Crippen LogP contribution in [0.3, 0.4) is 0 Å². The number of hydrogen-bond acceptors (Lipinski definition) is 3. The first-order valence-electron chi connectivity index (χ1n) is 11.0. The number of nitrogens with zero attached hydrogens (tertiary/aromatic N) is 2. The number of likely N-dealkylation sites (N-methyl/N-ethyl adjacent to an activating group) is 1. The minimum absolute atomic E-state index is 0.0427. The predicted molar refractivity (Wildman–Crippen MR) is 129 cm³/mol. The van der Waals surface area contributed by atoms with Crippen LogP contribution in [0, 0.1) is 11.6 Å². The molecule has 2 aliphatic rings. The quantitative estimate of drug-likeness (QED) is 0.508. The van der Waals surface area contributed by atoms with Gasteiger partial charge in [-0.05, 0) is 68.9 Å². The van der Waals surface area contributed by atoms with Crippen LogP contribution >= 0.6 is 0 Å². The molecule has 2 fully saturated rings. The lowest BCUT2D eigenvalue weighted by Gasteiger charge is -2.57. The highest BCUT2D eigenvalue weighted by atomic mass is 19.1. The second-order valence-corrected chi connectivity index (χ2v) is 10.4. The first kappa shape index (κ1) is 23.5. The summed E-state index contributed by atoms with van der Waals surface area (Å²) in [4.78, 5) is 16.9. The fourth-order valence-corrected chi connectivity index (χ4v) is 5.11. The van der Waals surface area contributed by atoms with E-state index in [0.717, 1.165) is 32.0 Å². The zero-order valence-electron chi connectivity index (χ0n) is 19.4. The van der Waals surface area contributed by atoms with Gasteiger partial charge in [-0.3, -0.25) is 4.79 Å². The van der Waals surface area contributed by atoms with Gasteiger partial charge in [-0.25, -0.2) is 8.78 Å². The van der Waals surface area contributed by atoms with Gasteiger partial charge in [0.25, 0.3) is 0 Å². The molecule has 1 spiro atoms. The molecule has 0 aliphatic carbocycles. The molecule has 0 aromatic heterocycles. The number of morpholine rings is 1. The van der Waals surface area contributed by atoms with Gasteiger partial charge in [-0.1, -0.05) is 5.21 Å². The van der Waals surface area contributed by atoms with E-state index in [2.05, 4.69) is 20.6 Å². The minimum Gasteiger partial charge on any atom is -0.366 e. The number of benzene rings is 1. The van der Waals surface area contributed by atoms with E-state index in [1.54, 1.807) is 0 Å². The molecule has 0 radical (unpaired) electrons. The molecule has 0 N–H and O–H groups in total. The van der Waals surface area contributed by atoms with Gasteiger partial charge >= 0.3 is 0 Å². The van der Waals surface area contributed by atoms with Crippen molar-refractivity contribution in [1.29, 1.82) is 0 Å². The minimum atomic E-state index is -0.823. The summed E-state index contributed by atoms with van der Waals surface area (Å²) in [7, 11) is 10.0. The highest BCUT2D eigenvalue weighted by Gasteiger charge is 2.52. The summed E-state index contributed by atoms with van der Waals surface area (Å²) in [6.07, 6.45) is 1.59. The topological polar surface area (TPSA) is 32.8 Å². The van der Waals surface area contributed by atoms with Crippen LogP contribution in [-0.4, -0.2) is 97.6 Å².